The lowest BCUT2D eigenvalue weighted by atomic mass is 10.1. The Balaban J connectivity index is 2.30. The number of allylic oxidation sites excluding steroid dienone is 3. The topological polar surface area (TPSA) is 38.9 Å². The third-order valence-electron chi connectivity index (χ3n) is 3.27. The molecule has 0 aliphatic carbocycles. The molecular weight excluding hydrogens is 364 g/mol. The normalized spacial score (nSPS) is 14.0. The number of pyridine rings is 1. The van der Waals surface area contributed by atoms with Gasteiger partial charge in [-0.15, -0.1) is 0 Å². The highest BCUT2D eigenvalue weighted by molar-refractivity contribution is 5.66. The molecule has 0 saturated heterocycles. The van der Waals surface area contributed by atoms with Crippen LogP contribution in [0.1, 0.15) is 18.2 Å². The highest BCUT2D eigenvalue weighted by Gasteiger charge is 2.34. The molecule has 0 aliphatic rings. The smallest absolute Gasteiger partial charge is 0.433 e. The maximum atomic E-state index is 13.0. The van der Waals surface area contributed by atoms with E-state index in [-0.39, 0.29) is 11.5 Å². The molecule has 0 spiro atoms. The van der Waals surface area contributed by atoms with Crippen LogP contribution in [0.5, 0.6) is 0 Å². The minimum Gasteiger partial charge on any atom is -0.468 e. The minimum atomic E-state index is -4.57. The van der Waals surface area contributed by atoms with E-state index in [1.165, 1.54) is 18.3 Å². The number of ether oxygens (including phenoxy) is 1. The van der Waals surface area contributed by atoms with Crippen molar-refractivity contribution in [3.8, 4) is 0 Å². The molecule has 0 amide bonds. The molecule has 2 heterocycles. The quantitative estimate of drug-likeness (QED) is 0.323. The lowest BCUT2D eigenvalue weighted by molar-refractivity contribution is -0.164. The van der Waals surface area contributed by atoms with Gasteiger partial charge in [0, 0.05) is 12.3 Å². The first-order valence-electron chi connectivity index (χ1n) is 7.11. The Bertz CT molecular complexity index is 861. The van der Waals surface area contributed by atoms with Crippen LogP contribution in [0, 0.1) is 0 Å². The second-order valence-corrected chi connectivity index (χ2v) is 5.20. The van der Waals surface area contributed by atoms with E-state index in [0.717, 1.165) is 16.7 Å². The zero-order chi connectivity index (χ0) is 19.5. The summed E-state index contributed by atoms with van der Waals surface area (Å²) in [5.41, 5.74) is 0.0768. The predicted octanol–water partition coefficient (Wildman–Crippen LogP) is 4.88. The maximum absolute atomic E-state index is 13.0. The van der Waals surface area contributed by atoms with E-state index in [4.69, 9.17) is 0 Å². The first-order valence-corrected chi connectivity index (χ1v) is 7.11. The van der Waals surface area contributed by atoms with E-state index >= 15 is 0 Å². The Morgan fingerprint density at radius 3 is 2.50 bits per heavy atom. The number of halogens is 6. The molecule has 0 aromatic carbocycles. The summed E-state index contributed by atoms with van der Waals surface area (Å²) < 4.78 is 80.6. The molecule has 0 saturated carbocycles. The van der Waals surface area contributed by atoms with Crippen molar-refractivity contribution in [1.82, 2.24) is 9.38 Å². The lowest BCUT2D eigenvalue weighted by Crippen LogP contribution is -2.16. The van der Waals surface area contributed by atoms with Crippen LogP contribution in [0.15, 0.2) is 47.6 Å². The molecular formula is C16H13F6N3O. The van der Waals surface area contributed by atoms with Crippen molar-refractivity contribution in [2.45, 2.75) is 19.3 Å². The molecule has 26 heavy (non-hydrogen) atoms. The van der Waals surface area contributed by atoms with Crippen molar-refractivity contribution in [2.75, 3.05) is 6.61 Å². The first-order chi connectivity index (χ1) is 12.0. The Morgan fingerprint density at radius 1 is 1.23 bits per heavy atom. The van der Waals surface area contributed by atoms with Gasteiger partial charge in [0.25, 0.3) is 0 Å². The molecule has 2 rings (SSSR count). The zero-order valence-corrected chi connectivity index (χ0v) is 13.4. The van der Waals surface area contributed by atoms with Gasteiger partial charge in [0.05, 0.1) is 6.20 Å². The Hall–Kier alpha value is -2.78. The van der Waals surface area contributed by atoms with Gasteiger partial charge in [-0.2, -0.15) is 26.3 Å². The van der Waals surface area contributed by atoms with Gasteiger partial charge in [0.1, 0.15) is 11.3 Å². The number of aromatic nitrogens is 2. The highest BCUT2D eigenvalue weighted by Crippen LogP contribution is 2.30. The van der Waals surface area contributed by atoms with Crippen LogP contribution in [-0.4, -0.2) is 28.9 Å². The van der Waals surface area contributed by atoms with Crippen LogP contribution in [0.2, 0.25) is 0 Å². The molecule has 4 nitrogen and oxygen atoms in total. The van der Waals surface area contributed by atoms with E-state index in [9.17, 15) is 26.3 Å². The van der Waals surface area contributed by atoms with Crippen molar-refractivity contribution < 1.29 is 31.1 Å². The number of rotatable bonds is 5. The fraction of sp³-hybridized carbons (Fsp3) is 0.250. The van der Waals surface area contributed by atoms with Gasteiger partial charge in [-0.25, -0.2) is 9.98 Å². The van der Waals surface area contributed by atoms with Crippen molar-refractivity contribution >= 4 is 17.9 Å². The number of hydrogen-bond donors (Lipinski definition) is 0. The van der Waals surface area contributed by atoms with E-state index in [2.05, 4.69) is 21.4 Å². The van der Waals surface area contributed by atoms with Crippen molar-refractivity contribution in [3.05, 3.63) is 53.8 Å². The van der Waals surface area contributed by atoms with Gasteiger partial charge >= 0.3 is 12.4 Å². The second-order valence-electron chi connectivity index (χ2n) is 5.20. The summed E-state index contributed by atoms with van der Waals surface area (Å²) in [6.07, 6.45) is -4.61. The van der Waals surface area contributed by atoms with Gasteiger partial charge in [0.15, 0.2) is 6.61 Å². The number of hydrogen-bond acceptors (Lipinski definition) is 3. The zero-order valence-electron chi connectivity index (χ0n) is 13.4. The number of aliphatic imine (C=N–C) groups is 1. The van der Waals surface area contributed by atoms with E-state index < -0.39 is 24.7 Å². The highest BCUT2D eigenvalue weighted by atomic mass is 19.4. The first kappa shape index (κ1) is 19.5. The van der Waals surface area contributed by atoms with Gasteiger partial charge < -0.3 is 4.74 Å². The van der Waals surface area contributed by atoms with Crippen LogP contribution in [0.4, 0.5) is 26.3 Å². The third-order valence-corrected chi connectivity index (χ3v) is 3.27. The third kappa shape index (κ3) is 4.87. The molecule has 0 atom stereocenters. The Morgan fingerprint density at radius 2 is 1.92 bits per heavy atom. The monoisotopic (exact) mass is 377 g/mol. The molecule has 2 aromatic rings. The van der Waals surface area contributed by atoms with Crippen LogP contribution in [0.3, 0.4) is 0 Å². The summed E-state index contributed by atoms with van der Waals surface area (Å²) in [6, 6.07) is 2.94. The summed E-state index contributed by atoms with van der Waals surface area (Å²) in [5.74, 6) is -0.360. The van der Waals surface area contributed by atoms with Gasteiger partial charge in [-0.1, -0.05) is 6.08 Å². The molecule has 140 valence electrons. The van der Waals surface area contributed by atoms with Crippen LogP contribution < -0.4 is 0 Å². The largest absolute Gasteiger partial charge is 0.468 e. The van der Waals surface area contributed by atoms with Crippen molar-refractivity contribution in [2.24, 2.45) is 4.99 Å². The van der Waals surface area contributed by atoms with E-state index in [1.54, 1.807) is 13.0 Å². The van der Waals surface area contributed by atoms with Crippen molar-refractivity contribution in [1.29, 1.82) is 0 Å². The summed E-state index contributed by atoms with van der Waals surface area (Å²) in [6.45, 7) is 3.16. The summed E-state index contributed by atoms with van der Waals surface area (Å²) in [7, 11) is 0. The van der Waals surface area contributed by atoms with Crippen LogP contribution in [-0.2, 0) is 10.9 Å². The number of imidazole rings is 1. The Kier molecular flexibility index (Phi) is 5.43. The fourth-order valence-electron chi connectivity index (χ4n) is 2.02. The molecule has 10 heteroatoms. The van der Waals surface area contributed by atoms with Gasteiger partial charge in [0.2, 0.25) is 5.88 Å². The average Bonchev–Trinajstić information content (AvgIpc) is 2.97. The number of alkyl halides is 6. The molecule has 0 bridgehead atoms. The predicted molar refractivity (Wildman–Crippen MR) is 83.5 cm³/mol. The van der Waals surface area contributed by atoms with Crippen LogP contribution >= 0.6 is 0 Å². The van der Waals surface area contributed by atoms with Crippen LogP contribution in [0.25, 0.3) is 11.2 Å². The average molecular weight is 377 g/mol. The van der Waals surface area contributed by atoms with E-state index in [0.29, 0.717) is 11.1 Å². The number of nitrogens with zero attached hydrogens (tertiary/aromatic N) is 3. The summed E-state index contributed by atoms with van der Waals surface area (Å²) in [5, 5.41) is 0. The Labute approximate surface area is 144 Å². The molecule has 0 aliphatic heterocycles. The van der Waals surface area contributed by atoms with Gasteiger partial charge in [-0.3, -0.25) is 4.40 Å². The molecule has 0 radical (unpaired) electrons. The molecule has 0 unspecified atom stereocenters. The standard InChI is InChI=1S/C16H13F6N3O/c1-10(3-6-14(23-2)26-9-15(17,18)19)11-4-5-13-24-7-12(16(20,21)22)25(13)8-11/h3-8H,2,9H2,1H3/b10-3+,14-6+. The fourth-order valence-corrected chi connectivity index (χ4v) is 2.02. The summed E-state index contributed by atoms with van der Waals surface area (Å²) in [4.78, 5) is 7.01. The summed E-state index contributed by atoms with van der Waals surface area (Å²) >= 11 is 0. The molecule has 2 aromatic heterocycles. The lowest BCUT2D eigenvalue weighted by Gasteiger charge is -2.09. The second kappa shape index (κ2) is 7.22. The van der Waals surface area contributed by atoms with Crippen molar-refractivity contribution in [3.63, 3.8) is 0 Å². The molecule has 0 N–H and O–H groups in total. The molecule has 0 fully saturated rings. The van der Waals surface area contributed by atoms with E-state index in [1.807, 2.05) is 0 Å². The SMILES string of the molecule is C=N/C(=C\C=C(/C)c1ccc2ncc(C(F)(F)F)n2c1)OCC(F)(F)F. The maximum Gasteiger partial charge on any atom is 0.433 e. The van der Waals surface area contributed by atoms with Gasteiger partial charge in [-0.05, 0) is 36.9 Å². The minimum absolute atomic E-state index is 0.117. The number of fused-ring (bicyclic) bond motifs is 1.